The third kappa shape index (κ3) is 5.02. The summed E-state index contributed by atoms with van der Waals surface area (Å²) in [5.41, 5.74) is -0.875. The second-order valence-corrected chi connectivity index (χ2v) is 4.56. The first-order valence-electron chi connectivity index (χ1n) is 6.06. The summed E-state index contributed by atoms with van der Waals surface area (Å²) in [5.74, 6) is -0.811. The molecule has 0 aromatic heterocycles. The van der Waals surface area contributed by atoms with Crippen LogP contribution in [-0.4, -0.2) is 61.4 Å². The Kier molecular flexibility index (Phi) is 7.34. The summed E-state index contributed by atoms with van der Waals surface area (Å²) >= 11 is 0. The summed E-state index contributed by atoms with van der Waals surface area (Å²) in [6, 6.07) is 0.198. The Morgan fingerprint density at radius 2 is 2.18 bits per heavy atom. The molecular formula is C12H26N2O3. The van der Waals surface area contributed by atoms with E-state index in [4.69, 9.17) is 4.74 Å². The number of nitrogens with one attached hydrogen (secondary N) is 1. The van der Waals surface area contributed by atoms with Crippen LogP contribution in [0.2, 0.25) is 0 Å². The lowest BCUT2D eigenvalue weighted by Crippen LogP contribution is -2.52. The number of carboxylic acids is 1. The number of methoxy groups -OCH3 is 1. The van der Waals surface area contributed by atoms with Gasteiger partial charge in [-0.1, -0.05) is 6.92 Å². The smallest absolute Gasteiger partial charge is 0.323 e. The number of hydrogen-bond acceptors (Lipinski definition) is 4. The van der Waals surface area contributed by atoms with Gasteiger partial charge in [-0.2, -0.15) is 0 Å². The summed E-state index contributed by atoms with van der Waals surface area (Å²) in [5, 5.41) is 12.1. The van der Waals surface area contributed by atoms with Crippen LogP contribution < -0.4 is 5.32 Å². The lowest BCUT2D eigenvalue weighted by molar-refractivity contribution is -0.144. The molecule has 0 rings (SSSR count). The number of carbonyl (C=O) groups is 1. The summed E-state index contributed by atoms with van der Waals surface area (Å²) in [6.45, 7) is 8.23. The first-order chi connectivity index (χ1) is 7.91. The Morgan fingerprint density at radius 3 is 2.53 bits per heavy atom. The maximum Gasteiger partial charge on any atom is 0.323 e. The third-order valence-corrected chi connectivity index (χ3v) is 3.34. The fourth-order valence-electron chi connectivity index (χ4n) is 1.91. The zero-order valence-corrected chi connectivity index (χ0v) is 11.6. The highest BCUT2D eigenvalue weighted by Crippen LogP contribution is 2.16. The number of aliphatic carboxylic acids is 1. The van der Waals surface area contributed by atoms with Crippen molar-refractivity contribution in [3.8, 4) is 0 Å². The van der Waals surface area contributed by atoms with Crippen molar-refractivity contribution in [2.45, 2.75) is 38.8 Å². The van der Waals surface area contributed by atoms with Crippen molar-refractivity contribution in [2.24, 2.45) is 0 Å². The van der Waals surface area contributed by atoms with Gasteiger partial charge in [-0.15, -0.1) is 0 Å². The van der Waals surface area contributed by atoms with E-state index in [0.29, 0.717) is 13.0 Å². The average Bonchev–Trinajstić information content (AvgIpc) is 2.29. The molecule has 2 N–H and O–H groups in total. The normalized spacial score (nSPS) is 16.8. The molecule has 0 aliphatic rings. The molecule has 5 heteroatoms. The fourth-order valence-corrected chi connectivity index (χ4v) is 1.91. The van der Waals surface area contributed by atoms with Gasteiger partial charge in [0.1, 0.15) is 5.54 Å². The van der Waals surface area contributed by atoms with E-state index in [2.05, 4.69) is 24.1 Å². The van der Waals surface area contributed by atoms with Crippen LogP contribution in [0.5, 0.6) is 0 Å². The molecule has 2 atom stereocenters. The molecule has 102 valence electrons. The van der Waals surface area contributed by atoms with Gasteiger partial charge in [-0.25, -0.2) is 0 Å². The molecule has 0 saturated carbocycles. The van der Waals surface area contributed by atoms with Crippen LogP contribution in [0, 0.1) is 0 Å². The minimum atomic E-state index is -0.875. The highest BCUT2D eigenvalue weighted by Gasteiger charge is 2.34. The number of rotatable bonds is 9. The molecule has 0 aliphatic heterocycles. The minimum absolute atomic E-state index is 0.198. The summed E-state index contributed by atoms with van der Waals surface area (Å²) in [7, 11) is 3.36. The van der Waals surface area contributed by atoms with Crippen molar-refractivity contribution in [2.75, 3.05) is 33.9 Å². The molecule has 0 aliphatic carbocycles. The van der Waals surface area contributed by atoms with Crippen molar-refractivity contribution >= 4 is 5.97 Å². The number of carboxylic acid groups (broad SMARTS) is 1. The van der Waals surface area contributed by atoms with E-state index in [9.17, 15) is 9.90 Å². The van der Waals surface area contributed by atoms with E-state index >= 15 is 0 Å². The maximum atomic E-state index is 11.2. The average molecular weight is 246 g/mol. The van der Waals surface area contributed by atoms with Gasteiger partial charge >= 0.3 is 5.97 Å². The number of ether oxygens (including phenoxy) is 1. The molecule has 0 amide bonds. The second kappa shape index (κ2) is 7.63. The molecule has 0 spiro atoms. The van der Waals surface area contributed by atoms with Gasteiger partial charge in [0.2, 0.25) is 0 Å². The van der Waals surface area contributed by atoms with Crippen LogP contribution in [0.25, 0.3) is 0 Å². The van der Waals surface area contributed by atoms with Crippen LogP contribution in [0.15, 0.2) is 0 Å². The Labute approximate surface area is 104 Å². The summed E-state index contributed by atoms with van der Waals surface area (Å²) in [6.07, 6.45) is 0.566. The summed E-state index contributed by atoms with van der Waals surface area (Å²) < 4.78 is 5.05. The number of nitrogens with zero attached hydrogens (tertiary/aromatic N) is 1. The zero-order chi connectivity index (χ0) is 13.5. The highest BCUT2D eigenvalue weighted by molar-refractivity contribution is 5.78. The molecule has 0 saturated heterocycles. The maximum absolute atomic E-state index is 11.2. The van der Waals surface area contributed by atoms with Crippen LogP contribution in [-0.2, 0) is 9.53 Å². The molecule has 0 aromatic carbocycles. The number of likely N-dealkylation sites (N-methyl/N-ethyl adjacent to an activating group) is 2. The predicted octanol–water partition coefficient (Wildman–Crippen LogP) is 0.796. The van der Waals surface area contributed by atoms with Crippen molar-refractivity contribution in [3.05, 3.63) is 0 Å². The van der Waals surface area contributed by atoms with Gasteiger partial charge in [0.15, 0.2) is 0 Å². The van der Waals surface area contributed by atoms with Crippen LogP contribution in [0.4, 0.5) is 0 Å². The van der Waals surface area contributed by atoms with Crippen LogP contribution >= 0.6 is 0 Å². The van der Waals surface area contributed by atoms with E-state index in [1.807, 2.05) is 0 Å². The van der Waals surface area contributed by atoms with E-state index < -0.39 is 11.5 Å². The van der Waals surface area contributed by atoms with Gasteiger partial charge in [-0.05, 0) is 33.9 Å². The first kappa shape index (κ1) is 16.4. The summed E-state index contributed by atoms with van der Waals surface area (Å²) in [4.78, 5) is 13.4. The van der Waals surface area contributed by atoms with Crippen molar-refractivity contribution < 1.29 is 14.6 Å². The lowest BCUT2D eigenvalue weighted by Gasteiger charge is -2.34. The molecule has 5 nitrogen and oxygen atoms in total. The van der Waals surface area contributed by atoms with Crippen molar-refractivity contribution in [1.82, 2.24) is 10.2 Å². The van der Waals surface area contributed by atoms with Crippen LogP contribution in [0.3, 0.4) is 0 Å². The van der Waals surface area contributed by atoms with E-state index in [1.165, 1.54) is 0 Å². The monoisotopic (exact) mass is 246 g/mol. The van der Waals surface area contributed by atoms with E-state index in [1.54, 1.807) is 21.1 Å². The van der Waals surface area contributed by atoms with Crippen LogP contribution in [0.1, 0.15) is 27.2 Å². The second-order valence-electron chi connectivity index (χ2n) is 4.56. The van der Waals surface area contributed by atoms with Gasteiger partial charge in [-0.3, -0.25) is 9.69 Å². The minimum Gasteiger partial charge on any atom is -0.480 e. The van der Waals surface area contributed by atoms with E-state index in [-0.39, 0.29) is 6.04 Å². The van der Waals surface area contributed by atoms with Gasteiger partial charge in [0.05, 0.1) is 6.61 Å². The van der Waals surface area contributed by atoms with Gasteiger partial charge in [0, 0.05) is 19.7 Å². The largest absolute Gasteiger partial charge is 0.480 e. The third-order valence-electron chi connectivity index (χ3n) is 3.34. The van der Waals surface area contributed by atoms with Crippen molar-refractivity contribution in [1.29, 1.82) is 0 Å². The highest BCUT2D eigenvalue weighted by atomic mass is 16.5. The van der Waals surface area contributed by atoms with Gasteiger partial charge in [0.25, 0.3) is 0 Å². The molecule has 0 radical (unpaired) electrons. The SMILES string of the molecule is CCN(CCOC)C(C)CC(C)(NC)C(=O)O. The molecule has 0 bridgehead atoms. The van der Waals surface area contributed by atoms with Crippen molar-refractivity contribution in [3.63, 3.8) is 0 Å². The van der Waals surface area contributed by atoms with E-state index in [0.717, 1.165) is 13.1 Å². The molecular weight excluding hydrogens is 220 g/mol. The Hall–Kier alpha value is -0.650. The molecule has 0 fully saturated rings. The Balaban J connectivity index is 4.46. The first-order valence-corrected chi connectivity index (χ1v) is 6.06. The standard InChI is InChI=1S/C12H26N2O3/c1-6-14(7-8-17-5)10(2)9-12(3,13-4)11(15)16/h10,13H,6-9H2,1-5H3,(H,15,16). The topological polar surface area (TPSA) is 61.8 Å². The van der Waals surface area contributed by atoms with Gasteiger partial charge < -0.3 is 15.2 Å². The number of hydrogen-bond donors (Lipinski definition) is 2. The molecule has 17 heavy (non-hydrogen) atoms. The predicted molar refractivity (Wildman–Crippen MR) is 68.3 cm³/mol. The zero-order valence-electron chi connectivity index (χ0n) is 11.6. The molecule has 2 unspecified atom stereocenters. The lowest BCUT2D eigenvalue weighted by atomic mass is 9.93. The quantitative estimate of drug-likeness (QED) is 0.630. The fraction of sp³-hybridized carbons (Fsp3) is 0.917. The molecule has 0 aromatic rings. The Bertz CT molecular complexity index is 236. The Morgan fingerprint density at radius 1 is 1.59 bits per heavy atom. The molecule has 0 heterocycles.